The third-order valence-electron chi connectivity index (χ3n) is 4.56. The van der Waals surface area contributed by atoms with Crippen LogP contribution < -0.4 is 0 Å². The van der Waals surface area contributed by atoms with Crippen LogP contribution in [0.5, 0.6) is 0 Å². The van der Waals surface area contributed by atoms with E-state index in [2.05, 4.69) is 17.6 Å². The van der Waals surface area contributed by atoms with Crippen molar-refractivity contribution in [1.82, 2.24) is 14.5 Å². The number of imidazole rings is 1. The van der Waals surface area contributed by atoms with E-state index in [0.717, 1.165) is 49.3 Å². The summed E-state index contributed by atoms with van der Waals surface area (Å²) in [7, 11) is 1.71. The average Bonchev–Trinajstić information content (AvgIpc) is 3.11. The van der Waals surface area contributed by atoms with Gasteiger partial charge >= 0.3 is 0 Å². The Bertz CT molecular complexity index is 680. The maximum atomic E-state index is 12.3. The Morgan fingerprint density at radius 1 is 1.30 bits per heavy atom. The molecule has 23 heavy (non-hydrogen) atoms. The van der Waals surface area contributed by atoms with Gasteiger partial charge in [0.1, 0.15) is 5.82 Å². The van der Waals surface area contributed by atoms with E-state index >= 15 is 0 Å². The highest BCUT2D eigenvalue weighted by Crippen LogP contribution is 2.30. The molecule has 0 unspecified atom stereocenters. The normalized spacial score (nSPS) is 18.3. The molecule has 0 bridgehead atoms. The monoisotopic (exact) mass is 315 g/mol. The zero-order valence-electron chi connectivity index (χ0n) is 14.0. The maximum absolute atomic E-state index is 12.3. The Hall–Kier alpha value is -1.88. The Labute approximate surface area is 137 Å². The summed E-state index contributed by atoms with van der Waals surface area (Å²) in [5.74, 6) is 1.47. The first-order chi connectivity index (χ1) is 11.2. The summed E-state index contributed by atoms with van der Waals surface area (Å²) in [6.45, 7) is 5.22. The van der Waals surface area contributed by atoms with Gasteiger partial charge in [0.2, 0.25) is 5.91 Å². The van der Waals surface area contributed by atoms with Crippen molar-refractivity contribution in [3.05, 3.63) is 30.1 Å². The van der Waals surface area contributed by atoms with E-state index in [1.165, 1.54) is 0 Å². The van der Waals surface area contributed by atoms with Gasteiger partial charge in [0.05, 0.1) is 17.6 Å². The number of rotatable bonds is 7. The van der Waals surface area contributed by atoms with Gasteiger partial charge in [-0.05, 0) is 18.6 Å². The number of aromatic nitrogens is 2. The second-order valence-corrected chi connectivity index (χ2v) is 6.20. The third kappa shape index (κ3) is 3.24. The molecule has 0 radical (unpaired) electrons. The average molecular weight is 315 g/mol. The first kappa shape index (κ1) is 16.0. The van der Waals surface area contributed by atoms with E-state index in [4.69, 9.17) is 9.72 Å². The fourth-order valence-electron chi connectivity index (χ4n) is 3.33. The summed E-state index contributed by atoms with van der Waals surface area (Å²) in [6, 6.07) is 8.17. The van der Waals surface area contributed by atoms with Gasteiger partial charge in [-0.15, -0.1) is 0 Å². The summed E-state index contributed by atoms with van der Waals surface area (Å²) < 4.78 is 7.47. The molecule has 124 valence electrons. The quantitative estimate of drug-likeness (QED) is 0.789. The number of para-hydroxylation sites is 2. The van der Waals surface area contributed by atoms with Crippen molar-refractivity contribution in [1.29, 1.82) is 0 Å². The van der Waals surface area contributed by atoms with Gasteiger partial charge in [-0.3, -0.25) is 4.79 Å². The lowest BCUT2D eigenvalue weighted by Crippen LogP contribution is -2.26. The van der Waals surface area contributed by atoms with Gasteiger partial charge in [-0.2, -0.15) is 0 Å². The van der Waals surface area contributed by atoms with Crippen molar-refractivity contribution in [3.8, 4) is 0 Å². The van der Waals surface area contributed by atoms with Crippen LogP contribution in [-0.2, 0) is 16.1 Å². The topological polar surface area (TPSA) is 47.4 Å². The number of carbonyl (C=O) groups is 1. The minimum absolute atomic E-state index is 0.184. The molecule has 1 aliphatic heterocycles. The number of fused-ring (bicyclic) bond motifs is 1. The molecular formula is C18H25N3O2. The second kappa shape index (κ2) is 7.13. The van der Waals surface area contributed by atoms with Crippen LogP contribution in [0, 0.1) is 0 Å². The summed E-state index contributed by atoms with van der Waals surface area (Å²) in [6.07, 6.45) is 2.75. The number of carbonyl (C=O) groups excluding carboxylic acids is 1. The number of hydrogen-bond donors (Lipinski definition) is 0. The molecule has 2 aromatic rings. The molecule has 3 rings (SSSR count). The minimum atomic E-state index is 0.184. The number of benzene rings is 1. The van der Waals surface area contributed by atoms with E-state index < -0.39 is 0 Å². The van der Waals surface area contributed by atoms with Crippen LogP contribution in [-0.4, -0.2) is 47.2 Å². The largest absolute Gasteiger partial charge is 0.383 e. The zero-order chi connectivity index (χ0) is 16.2. The van der Waals surface area contributed by atoms with Gasteiger partial charge in [-0.1, -0.05) is 25.5 Å². The molecule has 1 aromatic heterocycles. The van der Waals surface area contributed by atoms with E-state index in [1.807, 2.05) is 23.1 Å². The number of nitrogens with zero attached hydrogens (tertiary/aromatic N) is 3. The minimum Gasteiger partial charge on any atom is -0.383 e. The van der Waals surface area contributed by atoms with Gasteiger partial charge in [0, 0.05) is 39.1 Å². The van der Waals surface area contributed by atoms with E-state index in [1.54, 1.807) is 7.11 Å². The molecule has 0 aliphatic carbocycles. The number of methoxy groups -OCH3 is 1. The fraction of sp³-hybridized carbons (Fsp3) is 0.556. The Balaban J connectivity index is 1.88. The van der Waals surface area contributed by atoms with Crippen LogP contribution in [0.4, 0.5) is 0 Å². The van der Waals surface area contributed by atoms with Crippen LogP contribution in [0.1, 0.15) is 37.9 Å². The zero-order valence-corrected chi connectivity index (χ0v) is 14.0. The predicted molar refractivity (Wildman–Crippen MR) is 90.5 cm³/mol. The molecule has 1 aliphatic rings. The van der Waals surface area contributed by atoms with Gasteiger partial charge in [0.25, 0.3) is 0 Å². The number of unbranched alkanes of at least 4 members (excludes halogenated alkanes) is 1. The molecule has 0 N–H and O–H groups in total. The highest BCUT2D eigenvalue weighted by atomic mass is 16.5. The van der Waals surface area contributed by atoms with Crippen molar-refractivity contribution in [2.45, 2.75) is 38.6 Å². The lowest BCUT2D eigenvalue weighted by atomic mass is 10.1. The summed E-state index contributed by atoms with van der Waals surface area (Å²) in [5.41, 5.74) is 2.12. The molecule has 5 heteroatoms. The van der Waals surface area contributed by atoms with Crippen molar-refractivity contribution in [3.63, 3.8) is 0 Å². The van der Waals surface area contributed by atoms with E-state index in [9.17, 15) is 4.79 Å². The number of amides is 1. The molecule has 5 nitrogen and oxygen atoms in total. The van der Waals surface area contributed by atoms with Gasteiger partial charge < -0.3 is 14.2 Å². The number of hydrogen-bond acceptors (Lipinski definition) is 3. The summed E-state index contributed by atoms with van der Waals surface area (Å²) in [5, 5.41) is 0. The predicted octanol–water partition coefficient (Wildman–Crippen LogP) is 2.80. The van der Waals surface area contributed by atoms with Crippen molar-refractivity contribution in [2.24, 2.45) is 0 Å². The number of ether oxygens (including phenoxy) is 1. The van der Waals surface area contributed by atoms with Crippen LogP contribution >= 0.6 is 0 Å². The van der Waals surface area contributed by atoms with E-state index in [-0.39, 0.29) is 11.8 Å². The molecule has 1 atom stereocenters. The molecule has 1 aromatic carbocycles. The lowest BCUT2D eigenvalue weighted by Gasteiger charge is -2.16. The maximum Gasteiger partial charge on any atom is 0.223 e. The fourth-order valence-corrected chi connectivity index (χ4v) is 3.33. The highest BCUT2D eigenvalue weighted by Gasteiger charge is 2.33. The second-order valence-electron chi connectivity index (χ2n) is 6.20. The van der Waals surface area contributed by atoms with Crippen LogP contribution in [0.2, 0.25) is 0 Å². The Morgan fingerprint density at radius 2 is 2.13 bits per heavy atom. The number of likely N-dealkylation sites (tertiary alicyclic amines) is 1. The van der Waals surface area contributed by atoms with Crippen molar-refractivity contribution in [2.75, 3.05) is 26.8 Å². The Kier molecular flexibility index (Phi) is 4.96. The molecule has 2 heterocycles. The van der Waals surface area contributed by atoms with Gasteiger partial charge in [-0.25, -0.2) is 4.98 Å². The molecular weight excluding hydrogens is 290 g/mol. The molecule has 1 saturated heterocycles. The van der Waals surface area contributed by atoms with Crippen molar-refractivity contribution >= 4 is 16.9 Å². The first-order valence-corrected chi connectivity index (χ1v) is 8.46. The lowest BCUT2D eigenvalue weighted by molar-refractivity contribution is -0.127. The Morgan fingerprint density at radius 3 is 2.91 bits per heavy atom. The van der Waals surface area contributed by atoms with Crippen LogP contribution in [0.3, 0.4) is 0 Å². The smallest absolute Gasteiger partial charge is 0.223 e. The molecule has 1 amide bonds. The SMILES string of the molecule is CCCCN1C[C@H](c2nc3ccccc3n2CCOC)CC1=O. The highest BCUT2D eigenvalue weighted by molar-refractivity contribution is 5.80. The third-order valence-corrected chi connectivity index (χ3v) is 4.56. The first-order valence-electron chi connectivity index (χ1n) is 8.46. The summed E-state index contributed by atoms with van der Waals surface area (Å²) >= 11 is 0. The van der Waals surface area contributed by atoms with Gasteiger partial charge in [0.15, 0.2) is 0 Å². The summed E-state index contributed by atoms with van der Waals surface area (Å²) in [4.78, 5) is 19.1. The van der Waals surface area contributed by atoms with E-state index in [0.29, 0.717) is 13.0 Å². The van der Waals surface area contributed by atoms with Crippen LogP contribution in [0.25, 0.3) is 11.0 Å². The molecule has 0 saturated carbocycles. The standard InChI is InChI=1S/C18H25N3O2/c1-3-4-9-20-13-14(12-17(20)22)18-19-15-7-5-6-8-16(15)21(18)10-11-23-2/h5-8,14H,3-4,9-13H2,1-2H3/t14-/m1/s1. The van der Waals surface area contributed by atoms with Crippen molar-refractivity contribution < 1.29 is 9.53 Å². The molecule has 1 fully saturated rings. The van der Waals surface area contributed by atoms with Crippen LogP contribution in [0.15, 0.2) is 24.3 Å². The molecule has 0 spiro atoms.